The maximum Gasteiger partial charge on any atom is 0.182 e. The predicted molar refractivity (Wildman–Crippen MR) is 74.9 cm³/mol. The van der Waals surface area contributed by atoms with Crippen LogP contribution in [0.2, 0.25) is 0 Å². The van der Waals surface area contributed by atoms with Crippen molar-refractivity contribution in [1.82, 2.24) is 9.55 Å². The van der Waals surface area contributed by atoms with E-state index in [0.29, 0.717) is 16.8 Å². The monoisotopic (exact) mass is 292 g/mol. The van der Waals surface area contributed by atoms with Crippen molar-refractivity contribution in [2.75, 3.05) is 7.11 Å². The molecule has 1 aromatic heterocycles. The fraction of sp³-hybridized carbons (Fsp3) is 0.0714. The summed E-state index contributed by atoms with van der Waals surface area (Å²) in [6.07, 6.45) is 0. The van der Waals surface area contributed by atoms with Crippen LogP contribution in [0.15, 0.2) is 36.4 Å². The van der Waals surface area contributed by atoms with Crippen molar-refractivity contribution < 1.29 is 13.5 Å². The zero-order valence-corrected chi connectivity index (χ0v) is 11.3. The number of aromatic amines is 1. The Hall–Kier alpha value is -2.21. The van der Waals surface area contributed by atoms with Gasteiger partial charge in [-0.15, -0.1) is 0 Å². The molecule has 0 amide bonds. The highest BCUT2D eigenvalue weighted by atomic mass is 32.1. The van der Waals surface area contributed by atoms with Gasteiger partial charge in [-0.05, 0) is 36.5 Å². The molecule has 0 unspecified atom stereocenters. The van der Waals surface area contributed by atoms with Crippen molar-refractivity contribution in [3.05, 3.63) is 52.8 Å². The standard InChI is InChI=1S/C14H10F2N2OS/c1-19-11-7-3-6-10-13(11)17-14(20)18(10)9-5-2-4-8(15)12(9)16/h2-7H,1H3,(H,17,20). The summed E-state index contributed by atoms with van der Waals surface area (Å²) in [4.78, 5) is 2.96. The van der Waals surface area contributed by atoms with E-state index >= 15 is 0 Å². The van der Waals surface area contributed by atoms with Gasteiger partial charge in [0.05, 0.1) is 18.3 Å². The number of ether oxygens (including phenoxy) is 1. The van der Waals surface area contributed by atoms with Crippen LogP contribution < -0.4 is 4.74 Å². The number of imidazole rings is 1. The number of aromatic nitrogens is 2. The number of nitrogens with one attached hydrogen (secondary N) is 1. The molecule has 0 aliphatic carbocycles. The van der Waals surface area contributed by atoms with Gasteiger partial charge in [-0.3, -0.25) is 4.57 Å². The molecule has 0 spiro atoms. The van der Waals surface area contributed by atoms with E-state index in [1.165, 1.54) is 23.8 Å². The highest BCUT2D eigenvalue weighted by Gasteiger charge is 2.15. The predicted octanol–water partition coefficient (Wildman–Crippen LogP) is 3.97. The molecule has 1 N–H and O–H groups in total. The van der Waals surface area contributed by atoms with Gasteiger partial charge in [0, 0.05) is 0 Å². The van der Waals surface area contributed by atoms with Crippen LogP contribution >= 0.6 is 12.2 Å². The minimum absolute atomic E-state index is 0.0644. The van der Waals surface area contributed by atoms with Crippen LogP contribution in [0.3, 0.4) is 0 Å². The molecule has 0 saturated carbocycles. The van der Waals surface area contributed by atoms with Crippen LogP contribution in [0.1, 0.15) is 0 Å². The SMILES string of the molecule is COc1cccc2c1[nH]c(=S)n2-c1cccc(F)c1F. The second-order valence-corrected chi connectivity index (χ2v) is 4.58. The maximum atomic E-state index is 14.0. The zero-order chi connectivity index (χ0) is 14.3. The number of para-hydroxylation sites is 1. The number of nitrogens with zero attached hydrogens (tertiary/aromatic N) is 1. The number of benzene rings is 2. The summed E-state index contributed by atoms with van der Waals surface area (Å²) in [7, 11) is 1.53. The largest absolute Gasteiger partial charge is 0.494 e. The van der Waals surface area contributed by atoms with Gasteiger partial charge in [0.1, 0.15) is 11.3 Å². The van der Waals surface area contributed by atoms with Gasteiger partial charge in [-0.1, -0.05) is 12.1 Å². The molecule has 1 heterocycles. The Morgan fingerprint density at radius 1 is 1.15 bits per heavy atom. The molecule has 0 bridgehead atoms. The van der Waals surface area contributed by atoms with Gasteiger partial charge in [0.2, 0.25) is 0 Å². The lowest BCUT2D eigenvalue weighted by Gasteiger charge is -2.07. The first kappa shape index (κ1) is 12.8. The Morgan fingerprint density at radius 2 is 1.90 bits per heavy atom. The molecule has 2 aromatic carbocycles. The molecule has 6 heteroatoms. The first-order chi connectivity index (χ1) is 9.63. The second kappa shape index (κ2) is 4.72. The molecule has 3 nitrogen and oxygen atoms in total. The van der Waals surface area contributed by atoms with Crippen LogP contribution in [-0.2, 0) is 0 Å². The summed E-state index contributed by atoms with van der Waals surface area (Å²) >= 11 is 5.21. The number of hydrogen-bond donors (Lipinski definition) is 1. The summed E-state index contributed by atoms with van der Waals surface area (Å²) in [5, 5.41) is 0. The van der Waals surface area contributed by atoms with Gasteiger partial charge in [0.15, 0.2) is 16.4 Å². The quantitative estimate of drug-likeness (QED) is 0.724. The molecule has 0 saturated heterocycles. The summed E-state index contributed by atoms with van der Waals surface area (Å²) in [6, 6.07) is 9.26. The lowest BCUT2D eigenvalue weighted by molar-refractivity contribution is 0.419. The molecule has 102 valence electrons. The molecule has 3 aromatic rings. The minimum atomic E-state index is -0.938. The Morgan fingerprint density at radius 3 is 2.65 bits per heavy atom. The Bertz CT molecular complexity index is 854. The van der Waals surface area contributed by atoms with Crippen LogP contribution in [0, 0.1) is 16.4 Å². The lowest BCUT2D eigenvalue weighted by atomic mass is 10.2. The van der Waals surface area contributed by atoms with Gasteiger partial charge in [-0.25, -0.2) is 8.78 Å². The first-order valence-corrected chi connectivity index (χ1v) is 6.26. The van der Waals surface area contributed by atoms with Crippen LogP contribution in [0.5, 0.6) is 5.75 Å². The van der Waals surface area contributed by atoms with E-state index < -0.39 is 11.6 Å². The number of fused-ring (bicyclic) bond motifs is 1. The van der Waals surface area contributed by atoms with E-state index in [2.05, 4.69) is 4.98 Å². The van der Waals surface area contributed by atoms with Crippen LogP contribution in [0.25, 0.3) is 16.7 Å². The molecule has 0 fully saturated rings. The molecule has 3 rings (SSSR count). The number of H-pyrrole nitrogens is 1. The normalized spacial score (nSPS) is 10.9. The Labute approximate surface area is 118 Å². The van der Waals surface area contributed by atoms with Crippen molar-refractivity contribution in [3.8, 4) is 11.4 Å². The number of rotatable bonds is 2. The van der Waals surface area contributed by atoms with Crippen LogP contribution in [-0.4, -0.2) is 16.7 Å². The second-order valence-electron chi connectivity index (χ2n) is 4.19. The Kier molecular flexibility index (Phi) is 3.02. The van der Waals surface area contributed by atoms with Gasteiger partial charge >= 0.3 is 0 Å². The maximum absolute atomic E-state index is 14.0. The number of halogens is 2. The van der Waals surface area contributed by atoms with Crippen LogP contribution in [0.4, 0.5) is 8.78 Å². The minimum Gasteiger partial charge on any atom is -0.494 e. The third kappa shape index (κ3) is 1.80. The molecule has 0 atom stereocenters. The fourth-order valence-corrected chi connectivity index (χ4v) is 2.48. The summed E-state index contributed by atoms with van der Waals surface area (Å²) in [6.45, 7) is 0. The molecule has 20 heavy (non-hydrogen) atoms. The van der Waals surface area contributed by atoms with Gasteiger partial charge < -0.3 is 9.72 Å². The van der Waals surface area contributed by atoms with Crippen molar-refractivity contribution in [2.24, 2.45) is 0 Å². The lowest BCUT2D eigenvalue weighted by Crippen LogP contribution is -1.99. The third-order valence-electron chi connectivity index (χ3n) is 3.07. The first-order valence-electron chi connectivity index (χ1n) is 5.85. The van der Waals surface area contributed by atoms with Crippen molar-refractivity contribution in [3.63, 3.8) is 0 Å². The molecular weight excluding hydrogens is 282 g/mol. The average Bonchev–Trinajstić information content (AvgIpc) is 2.78. The average molecular weight is 292 g/mol. The van der Waals surface area contributed by atoms with Crippen molar-refractivity contribution in [2.45, 2.75) is 0 Å². The fourth-order valence-electron chi connectivity index (χ4n) is 2.18. The zero-order valence-electron chi connectivity index (χ0n) is 10.5. The third-order valence-corrected chi connectivity index (χ3v) is 3.36. The van der Waals surface area contributed by atoms with Crippen molar-refractivity contribution >= 4 is 23.3 Å². The number of methoxy groups -OCH3 is 1. The van der Waals surface area contributed by atoms with Crippen molar-refractivity contribution in [1.29, 1.82) is 0 Å². The molecular formula is C14H10F2N2OS. The summed E-state index contributed by atoms with van der Waals surface area (Å²) in [5.41, 5.74) is 1.33. The highest BCUT2D eigenvalue weighted by Crippen LogP contribution is 2.28. The molecule has 0 aliphatic rings. The molecule has 0 aliphatic heterocycles. The van der Waals surface area contributed by atoms with E-state index in [9.17, 15) is 8.78 Å². The number of hydrogen-bond acceptors (Lipinski definition) is 2. The summed E-state index contributed by atoms with van der Waals surface area (Å²) < 4.78 is 34.3. The smallest absolute Gasteiger partial charge is 0.182 e. The highest BCUT2D eigenvalue weighted by molar-refractivity contribution is 7.71. The van der Waals surface area contributed by atoms with E-state index in [1.54, 1.807) is 18.2 Å². The molecule has 0 radical (unpaired) electrons. The van der Waals surface area contributed by atoms with E-state index in [-0.39, 0.29) is 10.5 Å². The van der Waals surface area contributed by atoms with E-state index in [4.69, 9.17) is 17.0 Å². The Balaban J connectivity index is 2.40. The van der Waals surface area contributed by atoms with E-state index in [1.807, 2.05) is 0 Å². The van der Waals surface area contributed by atoms with Gasteiger partial charge in [0.25, 0.3) is 0 Å². The van der Waals surface area contributed by atoms with E-state index in [0.717, 1.165) is 6.07 Å². The topological polar surface area (TPSA) is 29.9 Å². The summed E-state index contributed by atoms with van der Waals surface area (Å²) in [5.74, 6) is -1.27. The van der Waals surface area contributed by atoms with Gasteiger partial charge in [-0.2, -0.15) is 0 Å².